The van der Waals surface area contributed by atoms with E-state index in [9.17, 15) is 9.59 Å². The van der Waals surface area contributed by atoms with Crippen molar-refractivity contribution in [3.05, 3.63) is 71.0 Å². The fourth-order valence-corrected chi connectivity index (χ4v) is 4.65. The van der Waals surface area contributed by atoms with Gasteiger partial charge in [0.25, 0.3) is 11.8 Å². The number of nitrogens with one attached hydrogen (secondary N) is 1. The molecule has 1 aromatic heterocycles. The molecule has 0 saturated carbocycles. The third-order valence-corrected chi connectivity index (χ3v) is 6.29. The molecule has 2 heterocycles. The van der Waals surface area contributed by atoms with Crippen LogP contribution in [0.4, 0.5) is 5.69 Å². The molecule has 7 heteroatoms. The lowest BCUT2D eigenvalue weighted by molar-refractivity contribution is 0.0623. The summed E-state index contributed by atoms with van der Waals surface area (Å²) >= 11 is 0. The Morgan fingerprint density at radius 1 is 1.03 bits per heavy atom. The third-order valence-electron chi connectivity index (χ3n) is 6.29. The first-order valence-electron chi connectivity index (χ1n) is 11.7. The van der Waals surface area contributed by atoms with Crippen LogP contribution in [0.25, 0.3) is 5.69 Å². The number of hydrogen-bond donors (Lipinski definition) is 1. The minimum atomic E-state index is -0.335. The Kier molecular flexibility index (Phi) is 6.72. The lowest BCUT2D eigenvalue weighted by atomic mass is 9.91. The van der Waals surface area contributed by atoms with Crippen LogP contribution in [0.1, 0.15) is 52.2 Å². The van der Waals surface area contributed by atoms with Crippen molar-refractivity contribution in [3.8, 4) is 11.4 Å². The molecule has 2 amide bonds. The summed E-state index contributed by atoms with van der Waals surface area (Å²) in [6, 6.07) is 12.9. The zero-order valence-corrected chi connectivity index (χ0v) is 20.5. The first-order valence-corrected chi connectivity index (χ1v) is 11.7. The maximum Gasteiger partial charge on any atom is 0.276 e. The van der Waals surface area contributed by atoms with Crippen molar-refractivity contribution in [2.45, 2.75) is 34.1 Å². The number of carbonyl (C=O) groups excluding carboxylic acids is 2. The Hall–Kier alpha value is -3.61. The lowest BCUT2D eigenvalue weighted by Crippen LogP contribution is -2.42. The fraction of sp³-hybridized carbons (Fsp3) is 0.370. The van der Waals surface area contributed by atoms with Crippen LogP contribution in [-0.4, -0.2) is 46.7 Å². The number of anilines is 1. The number of aromatic nitrogens is 2. The summed E-state index contributed by atoms with van der Waals surface area (Å²) in [4.78, 5) is 28.1. The summed E-state index contributed by atoms with van der Waals surface area (Å²) in [5, 5.41) is 7.38. The van der Waals surface area contributed by atoms with E-state index in [1.54, 1.807) is 30.1 Å². The van der Waals surface area contributed by atoms with Gasteiger partial charge in [-0.1, -0.05) is 26.0 Å². The molecule has 4 rings (SSSR count). The van der Waals surface area contributed by atoms with Crippen molar-refractivity contribution in [2.24, 2.45) is 11.8 Å². The highest BCUT2D eigenvalue weighted by molar-refractivity contribution is 6.04. The van der Waals surface area contributed by atoms with Crippen LogP contribution in [0.15, 0.2) is 48.7 Å². The number of aryl methyl sites for hydroxylation is 2. The van der Waals surface area contributed by atoms with Gasteiger partial charge in [0.1, 0.15) is 11.4 Å². The number of benzene rings is 2. The summed E-state index contributed by atoms with van der Waals surface area (Å²) in [6.07, 6.45) is 2.87. The molecule has 0 bridgehead atoms. The SMILES string of the molecule is COc1ccc(C)cc1-n1ccc(C(=O)Nc2cc(C(=O)N3CC(C)CC(C)C3)ccc2C)n1. The highest BCUT2D eigenvalue weighted by Crippen LogP contribution is 2.26. The van der Waals surface area contributed by atoms with Gasteiger partial charge in [-0.2, -0.15) is 5.10 Å². The molecule has 1 saturated heterocycles. The first-order chi connectivity index (χ1) is 16.2. The molecular weight excluding hydrogens is 428 g/mol. The normalized spacial score (nSPS) is 18.0. The predicted octanol–water partition coefficient (Wildman–Crippen LogP) is 4.87. The molecule has 1 fully saturated rings. The van der Waals surface area contributed by atoms with Gasteiger partial charge in [0.15, 0.2) is 5.69 Å². The molecule has 34 heavy (non-hydrogen) atoms. The largest absolute Gasteiger partial charge is 0.494 e. The summed E-state index contributed by atoms with van der Waals surface area (Å²) < 4.78 is 7.07. The van der Waals surface area contributed by atoms with E-state index < -0.39 is 0 Å². The van der Waals surface area contributed by atoms with Crippen LogP contribution < -0.4 is 10.1 Å². The molecule has 1 N–H and O–H groups in total. The first kappa shape index (κ1) is 23.5. The van der Waals surface area contributed by atoms with Gasteiger partial charge in [0.05, 0.1) is 7.11 Å². The number of methoxy groups -OCH3 is 1. The Morgan fingerprint density at radius 3 is 2.47 bits per heavy atom. The zero-order chi connectivity index (χ0) is 24.4. The van der Waals surface area contributed by atoms with Gasteiger partial charge in [-0.25, -0.2) is 4.68 Å². The van der Waals surface area contributed by atoms with Gasteiger partial charge < -0.3 is 15.0 Å². The molecule has 0 aliphatic carbocycles. The van der Waals surface area contributed by atoms with Gasteiger partial charge in [0, 0.05) is 30.5 Å². The Morgan fingerprint density at radius 2 is 1.76 bits per heavy atom. The molecule has 2 atom stereocenters. The molecule has 1 aliphatic rings. The molecule has 0 radical (unpaired) electrons. The van der Waals surface area contributed by atoms with E-state index in [4.69, 9.17) is 4.74 Å². The molecule has 3 aromatic rings. The van der Waals surface area contributed by atoms with Gasteiger partial charge in [-0.15, -0.1) is 0 Å². The minimum absolute atomic E-state index is 0.00437. The number of carbonyl (C=O) groups is 2. The summed E-state index contributed by atoms with van der Waals surface area (Å²) in [6.45, 7) is 9.79. The van der Waals surface area contributed by atoms with Crippen molar-refractivity contribution in [2.75, 3.05) is 25.5 Å². The maximum atomic E-state index is 13.1. The highest BCUT2D eigenvalue weighted by atomic mass is 16.5. The van der Waals surface area contributed by atoms with E-state index in [1.165, 1.54) is 0 Å². The minimum Gasteiger partial charge on any atom is -0.494 e. The van der Waals surface area contributed by atoms with Crippen LogP contribution in [0.5, 0.6) is 5.75 Å². The number of rotatable bonds is 5. The maximum absolute atomic E-state index is 13.1. The summed E-state index contributed by atoms with van der Waals surface area (Å²) in [7, 11) is 1.60. The number of ether oxygens (including phenoxy) is 1. The van der Waals surface area contributed by atoms with Crippen molar-refractivity contribution < 1.29 is 14.3 Å². The molecule has 2 aromatic carbocycles. The van der Waals surface area contributed by atoms with Crippen molar-refractivity contribution in [1.82, 2.24) is 14.7 Å². The highest BCUT2D eigenvalue weighted by Gasteiger charge is 2.26. The second kappa shape index (κ2) is 9.71. The van der Waals surface area contributed by atoms with Gasteiger partial charge in [0.2, 0.25) is 0 Å². The van der Waals surface area contributed by atoms with Crippen LogP contribution >= 0.6 is 0 Å². The third kappa shape index (κ3) is 4.98. The predicted molar refractivity (Wildman–Crippen MR) is 133 cm³/mol. The smallest absolute Gasteiger partial charge is 0.276 e. The van der Waals surface area contributed by atoms with Crippen molar-refractivity contribution in [3.63, 3.8) is 0 Å². The van der Waals surface area contributed by atoms with Gasteiger partial charge in [-0.3, -0.25) is 9.59 Å². The molecular formula is C27H32N4O3. The number of piperidine rings is 1. The van der Waals surface area contributed by atoms with E-state index in [0.29, 0.717) is 28.8 Å². The van der Waals surface area contributed by atoms with Crippen LogP contribution in [0, 0.1) is 25.7 Å². The molecule has 2 unspecified atom stereocenters. The lowest BCUT2D eigenvalue weighted by Gasteiger charge is -2.35. The van der Waals surface area contributed by atoms with E-state index >= 15 is 0 Å². The van der Waals surface area contributed by atoms with E-state index in [-0.39, 0.29) is 17.5 Å². The van der Waals surface area contributed by atoms with Gasteiger partial charge in [-0.05, 0) is 73.6 Å². The summed E-state index contributed by atoms with van der Waals surface area (Å²) in [5.41, 5.74) is 4.17. The van der Waals surface area contributed by atoms with Crippen molar-refractivity contribution >= 4 is 17.5 Å². The molecule has 0 spiro atoms. The van der Waals surface area contributed by atoms with Crippen molar-refractivity contribution in [1.29, 1.82) is 0 Å². The Balaban J connectivity index is 1.53. The van der Waals surface area contributed by atoms with Crippen LogP contribution in [-0.2, 0) is 0 Å². The van der Waals surface area contributed by atoms with Gasteiger partial charge >= 0.3 is 0 Å². The van der Waals surface area contributed by atoms with Crippen LogP contribution in [0.2, 0.25) is 0 Å². The number of likely N-dealkylation sites (tertiary alicyclic amines) is 1. The molecule has 1 aliphatic heterocycles. The fourth-order valence-electron chi connectivity index (χ4n) is 4.65. The Labute approximate surface area is 200 Å². The standard InChI is InChI=1S/C27H32N4O3/c1-17-6-9-25(34-5)24(13-17)31-11-10-22(29-31)26(32)28-23-14-21(8-7-20(23)4)27(33)30-15-18(2)12-19(3)16-30/h6-11,13-14,18-19H,12,15-16H2,1-5H3,(H,28,32). The van der Waals surface area contributed by atoms with Crippen LogP contribution in [0.3, 0.4) is 0 Å². The number of hydrogen-bond acceptors (Lipinski definition) is 4. The second-order valence-electron chi connectivity index (χ2n) is 9.46. The number of amides is 2. The van der Waals surface area contributed by atoms with E-state index in [0.717, 1.165) is 36.3 Å². The van der Waals surface area contributed by atoms with E-state index in [2.05, 4.69) is 24.3 Å². The molecule has 7 nitrogen and oxygen atoms in total. The topological polar surface area (TPSA) is 76.5 Å². The average molecular weight is 461 g/mol. The second-order valence-corrected chi connectivity index (χ2v) is 9.46. The summed E-state index contributed by atoms with van der Waals surface area (Å²) in [5.74, 6) is 1.31. The monoisotopic (exact) mass is 460 g/mol. The average Bonchev–Trinajstić information content (AvgIpc) is 3.30. The quantitative estimate of drug-likeness (QED) is 0.589. The molecule has 178 valence electrons. The Bertz CT molecular complexity index is 1210. The zero-order valence-electron chi connectivity index (χ0n) is 20.5. The van der Waals surface area contributed by atoms with E-state index in [1.807, 2.05) is 49.1 Å². The number of nitrogens with zero attached hydrogens (tertiary/aromatic N) is 3.